The normalized spacial score (nSPS) is 9.95. The predicted octanol–water partition coefficient (Wildman–Crippen LogP) is 2.02. The Labute approximate surface area is 110 Å². The summed E-state index contributed by atoms with van der Waals surface area (Å²) in [6.07, 6.45) is 1.31. The quantitative estimate of drug-likeness (QED) is 0.798. The van der Waals surface area contributed by atoms with Crippen molar-refractivity contribution >= 4 is 34.2 Å². The lowest BCUT2D eigenvalue weighted by atomic mass is 10.1. The van der Waals surface area contributed by atoms with Gasteiger partial charge in [-0.2, -0.15) is 0 Å². The van der Waals surface area contributed by atoms with Crippen molar-refractivity contribution in [3.05, 3.63) is 35.8 Å². The van der Waals surface area contributed by atoms with Gasteiger partial charge < -0.3 is 10.4 Å². The number of amides is 2. The van der Waals surface area contributed by atoms with E-state index in [1.807, 2.05) is 0 Å². The molecule has 9 heteroatoms. The fourth-order valence-corrected chi connectivity index (χ4v) is 1.72. The van der Waals surface area contributed by atoms with Crippen LogP contribution in [0.25, 0.3) is 0 Å². The number of halogens is 1. The number of hydrogen-bond donors (Lipinski definition) is 3. The summed E-state index contributed by atoms with van der Waals surface area (Å²) in [5.41, 5.74) is -0.734. The van der Waals surface area contributed by atoms with Crippen molar-refractivity contribution in [3.63, 3.8) is 0 Å². The zero-order chi connectivity index (χ0) is 13.8. The number of aromatic nitrogens is 2. The Kier molecular flexibility index (Phi) is 3.66. The summed E-state index contributed by atoms with van der Waals surface area (Å²) in [7, 11) is 0. The fourth-order valence-electron chi connectivity index (χ4n) is 1.31. The zero-order valence-corrected chi connectivity index (χ0v) is 10.1. The first-order chi connectivity index (χ1) is 9.08. The zero-order valence-electron chi connectivity index (χ0n) is 9.25. The van der Waals surface area contributed by atoms with E-state index in [1.165, 1.54) is 18.3 Å². The van der Waals surface area contributed by atoms with Gasteiger partial charge in [-0.3, -0.25) is 5.32 Å². The number of nitrogens with zero attached hydrogens (tertiary/aromatic N) is 2. The van der Waals surface area contributed by atoms with Gasteiger partial charge in [0.25, 0.3) is 0 Å². The second-order valence-corrected chi connectivity index (χ2v) is 4.11. The summed E-state index contributed by atoms with van der Waals surface area (Å²) >= 11 is 0.933. The minimum absolute atomic E-state index is 0.336. The van der Waals surface area contributed by atoms with E-state index in [4.69, 9.17) is 5.11 Å². The molecular weight excluding hydrogens is 275 g/mol. The van der Waals surface area contributed by atoms with E-state index in [2.05, 4.69) is 20.2 Å². The van der Waals surface area contributed by atoms with E-state index in [9.17, 15) is 14.0 Å². The number of rotatable bonds is 3. The number of urea groups is 1. The smallest absolute Gasteiger partial charge is 0.337 e. The summed E-state index contributed by atoms with van der Waals surface area (Å²) in [6.45, 7) is 0. The first-order valence-corrected chi connectivity index (χ1v) is 5.72. The third-order valence-corrected chi connectivity index (χ3v) is 2.66. The number of carboxylic acids is 1. The standard InChI is InChI=1S/C10H7FN4O3S/c11-6-3-1-2-5(9(16)17)8(6)14-10(18)13-7-4-12-15-19-7/h1-4H,(H,16,17)(H2,13,14,18). The fraction of sp³-hybridized carbons (Fsp3) is 0. The molecule has 0 saturated carbocycles. The molecule has 0 aliphatic rings. The molecular formula is C10H7FN4O3S. The predicted molar refractivity (Wildman–Crippen MR) is 65.9 cm³/mol. The van der Waals surface area contributed by atoms with E-state index in [-0.39, 0.29) is 5.56 Å². The van der Waals surface area contributed by atoms with E-state index < -0.39 is 23.5 Å². The molecule has 0 unspecified atom stereocenters. The van der Waals surface area contributed by atoms with E-state index >= 15 is 0 Å². The largest absolute Gasteiger partial charge is 0.478 e. The molecule has 0 aliphatic heterocycles. The number of aromatic carboxylic acids is 1. The number of benzene rings is 1. The second kappa shape index (κ2) is 5.40. The van der Waals surface area contributed by atoms with Crippen LogP contribution in [0.5, 0.6) is 0 Å². The molecule has 1 heterocycles. The number of para-hydroxylation sites is 1. The maximum atomic E-state index is 13.5. The van der Waals surface area contributed by atoms with Crippen LogP contribution < -0.4 is 10.6 Å². The summed E-state index contributed by atoms with van der Waals surface area (Å²) < 4.78 is 17.0. The molecule has 0 spiro atoms. The molecule has 0 fully saturated rings. The number of nitrogens with one attached hydrogen (secondary N) is 2. The molecule has 0 radical (unpaired) electrons. The van der Waals surface area contributed by atoms with Crippen LogP contribution in [0.2, 0.25) is 0 Å². The SMILES string of the molecule is O=C(Nc1cnns1)Nc1c(F)cccc1C(=O)O. The minimum Gasteiger partial charge on any atom is -0.478 e. The van der Waals surface area contributed by atoms with Crippen LogP contribution >= 0.6 is 11.5 Å². The molecule has 2 aromatic rings. The van der Waals surface area contributed by atoms with Crippen LogP contribution in [0.3, 0.4) is 0 Å². The maximum Gasteiger partial charge on any atom is 0.337 e. The Morgan fingerprint density at radius 3 is 2.74 bits per heavy atom. The molecule has 7 nitrogen and oxygen atoms in total. The topological polar surface area (TPSA) is 104 Å². The molecule has 0 atom stereocenters. The molecule has 3 N–H and O–H groups in total. The Hall–Kier alpha value is -2.55. The number of hydrogen-bond acceptors (Lipinski definition) is 5. The molecule has 0 aliphatic carbocycles. The lowest BCUT2D eigenvalue weighted by Gasteiger charge is -2.09. The van der Waals surface area contributed by atoms with Crippen molar-refractivity contribution < 1.29 is 19.1 Å². The summed E-state index contributed by atoms with van der Waals surface area (Å²) in [5, 5.41) is 17.3. The van der Waals surface area contributed by atoms with Gasteiger partial charge in [0.05, 0.1) is 17.4 Å². The number of carboxylic acid groups (broad SMARTS) is 1. The van der Waals surface area contributed by atoms with Crippen LogP contribution in [0.4, 0.5) is 19.9 Å². The highest BCUT2D eigenvalue weighted by Crippen LogP contribution is 2.20. The summed E-state index contributed by atoms with van der Waals surface area (Å²) in [4.78, 5) is 22.5. The monoisotopic (exact) mass is 282 g/mol. The first kappa shape index (κ1) is 12.9. The first-order valence-electron chi connectivity index (χ1n) is 4.95. The van der Waals surface area contributed by atoms with Crippen LogP contribution in [-0.4, -0.2) is 26.7 Å². The van der Waals surface area contributed by atoms with Crippen LogP contribution in [0.15, 0.2) is 24.4 Å². The van der Waals surface area contributed by atoms with Gasteiger partial charge in [-0.25, -0.2) is 14.0 Å². The van der Waals surface area contributed by atoms with Crippen molar-refractivity contribution in [2.75, 3.05) is 10.6 Å². The lowest BCUT2D eigenvalue weighted by Crippen LogP contribution is -2.21. The van der Waals surface area contributed by atoms with Gasteiger partial charge in [-0.15, -0.1) is 5.10 Å². The second-order valence-electron chi connectivity index (χ2n) is 3.33. The number of carbonyl (C=O) groups is 2. The molecule has 0 bridgehead atoms. The molecule has 1 aromatic carbocycles. The Morgan fingerprint density at radius 1 is 1.32 bits per heavy atom. The van der Waals surface area contributed by atoms with Crippen LogP contribution in [0.1, 0.15) is 10.4 Å². The van der Waals surface area contributed by atoms with Crippen LogP contribution in [0, 0.1) is 5.82 Å². The summed E-state index contributed by atoms with van der Waals surface area (Å²) in [6, 6.07) is 2.71. The minimum atomic E-state index is -1.34. The summed E-state index contributed by atoms with van der Waals surface area (Å²) in [5.74, 6) is -2.17. The molecule has 19 heavy (non-hydrogen) atoms. The third kappa shape index (κ3) is 3.01. The average molecular weight is 282 g/mol. The van der Waals surface area contributed by atoms with E-state index in [0.29, 0.717) is 5.00 Å². The Balaban J connectivity index is 2.19. The Bertz CT molecular complexity index is 617. The number of carbonyl (C=O) groups excluding carboxylic acids is 1. The van der Waals surface area contributed by atoms with E-state index in [1.54, 1.807) is 0 Å². The van der Waals surface area contributed by atoms with Crippen LogP contribution in [-0.2, 0) is 0 Å². The molecule has 2 amide bonds. The van der Waals surface area contributed by atoms with Gasteiger partial charge in [-0.05, 0) is 12.1 Å². The van der Waals surface area contributed by atoms with Crippen molar-refractivity contribution in [2.45, 2.75) is 0 Å². The van der Waals surface area contributed by atoms with Gasteiger partial charge in [0.15, 0.2) is 0 Å². The highest BCUT2D eigenvalue weighted by molar-refractivity contribution is 7.10. The Morgan fingerprint density at radius 2 is 2.11 bits per heavy atom. The maximum absolute atomic E-state index is 13.5. The van der Waals surface area contributed by atoms with Gasteiger partial charge in [0, 0.05) is 11.5 Å². The van der Waals surface area contributed by atoms with Crippen molar-refractivity contribution in [2.24, 2.45) is 0 Å². The third-order valence-electron chi connectivity index (χ3n) is 2.08. The highest BCUT2D eigenvalue weighted by atomic mass is 32.1. The molecule has 1 aromatic heterocycles. The number of anilines is 2. The van der Waals surface area contributed by atoms with E-state index in [0.717, 1.165) is 17.6 Å². The lowest BCUT2D eigenvalue weighted by molar-refractivity contribution is 0.0697. The highest BCUT2D eigenvalue weighted by Gasteiger charge is 2.16. The van der Waals surface area contributed by atoms with Crippen molar-refractivity contribution in [1.82, 2.24) is 9.59 Å². The average Bonchev–Trinajstić information content (AvgIpc) is 2.84. The van der Waals surface area contributed by atoms with Gasteiger partial charge in [0.1, 0.15) is 10.8 Å². The van der Waals surface area contributed by atoms with Crippen molar-refractivity contribution in [1.29, 1.82) is 0 Å². The van der Waals surface area contributed by atoms with Gasteiger partial charge >= 0.3 is 12.0 Å². The van der Waals surface area contributed by atoms with Crippen molar-refractivity contribution in [3.8, 4) is 0 Å². The molecule has 98 valence electrons. The molecule has 0 saturated heterocycles. The van der Waals surface area contributed by atoms with Gasteiger partial charge in [0.2, 0.25) is 0 Å². The van der Waals surface area contributed by atoms with Gasteiger partial charge in [-0.1, -0.05) is 10.6 Å². The molecule has 2 rings (SSSR count).